The first-order valence-electron chi connectivity index (χ1n) is 7.71. The minimum atomic E-state index is -3.17. The summed E-state index contributed by atoms with van der Waals surface area (Å²) in [6, 6.07) is -0.0606. The number of nitrogens with one attached hydrogen (secondary N) is 1. The molecular weight excluding hydrogens is 262 g/mol. The second-order valence-electron chi connectivity index (χ2n) is 6.19. The number of rotatable bonds is 8. The molecule has 1 atom stereocenters. The molecule has 0 aliphatic heterocycles. The Morgan fingerprint density at radius 2 is 1.79 bits per heavy atom. The van der Waals surface area contributed by atoms with E-state index in [0.29, 0.717) is 18.3 Å². The van der Waals surface area contributed by atoms with Crippen molar-refractivity contribution >= 4 is 10.0 Å². The molecule has 0 aromatic carbocycles. The Hall–Kier alpha value is -0.130. The standard InChI is InChI=1S/C14H27NO3S/c16-10-8-14(13-4-2-1-3-5-13)15-19(17,18)11-9-12-6-7-12/h12-16H,1-11H2. The average Bonchev–Trinajstić information content (AvgIpc) is 3.21. The summed E-state index contributed by atoms with van der Waals surface area (Å²) in [6.45, 7) is 0.0618. The predicted octanol–water partition coefficient (Wildman–Crippen LogP) is 2.04. The fourth-order valence-corrected chi connectivity index (χ4v) is 4.62. The van der Waals surface area contributed by atoms with E-state index in [9.17, 15) is 8.42 Å². The van der Waals surface area contributed by atoms with Gasteiger partial charge in [0.2, 0.25) is 10.0 Å². The topological polar surface area (TPSA) is 66.4 Å². The zero-order valence-corrected chi connectivity index (χ0v) is 12.5. The van der Waals surface area contributed by atoms with E-state index in [1.807, 2.05) is 0 Å². The van der Waals surface area contributed by atoms with Crippen LogP contribution < -0.4 is 4.72 Å². The van der Waals surface area contributed by atoms with Crippen LogP contribution in [-0.2, 0) is 10.0 Å². The van der Waals surface area contributed by atoms with E-state index in [1.165, 1.54) is 32.1 Å². The van der Waals surface area contributed by atoms with Gasteiger partial charge in [-0.05, 0) is 37.5 Å². The van der Waals surface area contributed by atoms with E-state index in [4.69, 9.17) is 5.11 Å². The molecular formula is C14H27NO3S. The number of sulfonamides is 1. The predicted molar refractivity (Wildman–Crippen MR) is 76.3 cm³/mol. The van der Waals surface area contributed by atoms with Crippen molar-refractivity contribution in [2.24, 2.45) is 11.8 Å². The molecule has 0 amide bonds. The summed E-state index contributed by atoms with van der Waals surface area (Å²) in [5, 5.41) is 9.16. The Kier molecular flexibility index (Phi) is 5.66. The first-order chi connectivity index (χ1) is 9.11. The van der Waals surface area contributed by atoms with Crippen molar-refractivity contribution in [3.63, 3.8) is 0 Å². The van der Waals surface area contributed by atoms with Gasteiger partial charge in [-0.2, -0.15) is 0 Å². The normalized spacial score (nSPS) is 23.4. The summed E-state index contributed by atoms with van der Waals surface area (Å²) >= 11 is 0. The summed E-state index contributed by atoms with van der Waals surface area (Å²) in [6.07, 6.45) is 9.56. The molecule has 0 spiro atoms. The fraction of sp³-hybridized carbons (Fsp3) is 1.00. The van der Waals surface area contributed by atoms with Crippen LogP contribution in [0, 0.1) is 11.8 Å². The monoisotopic (exact) mass is 289 g/mol. The van der Waals surface area contributed by atoms with Gasteiger partial charge in [-0.15, -0.1) is 0 Å². The van der Waals surface area contributed by atoms with Crippen molar-refractivity contribution in [2.75, 3.05) is 12.4 Å². The maximum Gasteiger partial charge on any atom is 0.211 e. The Bertz CT molecular complexity index is 359. The Labute approximate surface area is 117 Å². The van der Waals surface area contributed by atoms with Gasteiger partial charge in [0.1, 0.15) is 0 Å². The van der Waals surface area contributed by atoms with E-state index >= 15 is 0 Å². The molecule has 2 aliphatic rings. The number of aliphatic hydroxyl groups is 1. The zero-order valence-electron chi connectivity index (χ0n) is 11.7. The molecule has 0 saturated heterocycles. The van der Waals surface area contributed by atoms with Crippen LogP contribution >= 0.6 is 0 Å². The molecule has 112 valence electrons. The minimum absolute atomic E-state index is 0.0606. The summed E-state index contributed by atoms with van der Waals surface area (Å²) in [7, 11) is -3.17. The second kappa shape index (κ2) is 7.04. The van der Waals surface area contributed by atoms with Gasteiger partial charge >= 0.3 is 0 Å². The lowest BCUT2D eigenvalue weighted by atomic mass is 9.83. The minimum Gasteiger partial charge on any atom is -0.396 e. The molecule has 0 bridgehead atoms. The van der Waals surface area contributed by atoms with Gasteiger partial charge in [0.05, 0.1) is 5.75 Å². The maximum absolute atomic E-state index is 12.1. The molecule has 2 rings (SSSR count). The highest BCUT2D eigenvalue weighted by atomic mass is 32.2. The highest BCUT2D eigenvalue weighted by Crippen LogP contribution is 2.33. The average molecular weight is 289 g/mol. The van der Waals surface area contributed by atoms with Crippen LogP contribution in [0.5, 0.6) is 0 Å². The lowest BCUT2D eigenvalue weighted by Gasteiger charge is -2.30. The highest BCUT2D eigenvalue weighted by Gasteiger charge is 2.29. The molecule has 0 radical (unpaired) electrons. The van der Waals surface area contributed by atoms with Crippen LogP contribution in [0.3, 0.4) is 0 Å². The molecule has 2 N–H and O–H groups in total. The molecule has 0 aromatic rings. The Balaban J connectivity index is 1.86. The quantitative estimate of drug-likeness (QED) is 0.718. The van der Waals surface area contributed by atoms with Gasteiger partial charge in [-0.1, -0.05) is 32.1 Å². The van der Waals surface area contributed by atoms with Crippen molar-refractivity contribution in [1.29, 1.82) is 0 Å². The van der Waals surface area contributed by atoms with Gasteiger partial charge in [0, 0.05) is 12.6 Å². The largest absolute Gasteiger partial charge is 0.396 e. The fourth-order valence-electron chi connectivity index (χ4n) is 3.08. The van der Waals surface area contributed by atoms with Crippen molar-refractivity contribution < 1.29 is 13.5 Å². The lowest BCUT2D eigenvalue weighted by Crippen LogP contribution is -2.42. The molecule has 4 nitrogen and oxygen atoms in total. The van der Waals surface area contributed by atoms with Crippen molar-refractivity contribution in [2.45, 2.75) is 63.8 Å². The van der Waals surface area contributed by atoms with Crippen molar-refractivity contribution in [3.05, 3.63) is 0 Å². The summed E-state index contributed by atoms with van der Waals surface area (Å²) in [5.74, 6) is 1.31. The third-order valence-corrected chi connectivity index (χ3v) is 5.92. The molecule has 1 unspecified atom stereocenters. The zero-order chi connectivity index (χ0) is 13.7. The van der Waals surface area contributed by atoms with Crippen LogP contribution in [0.15, 0.2) is 0 Å². The van der Waals surface area contributed by atoms with Crippen molar-refractivity contribution in [1.82, 2.24) is 4.72 Å². The molecule has 5 heteroatoms. The van der Waals surface area contributed by atoms with Crippen LogP contribution in [0.1, 0.15) is 57.8 Å². The molecule has 2 saturated carbocycles. The second-order valence-corrected chi connectivity index (χ2v) is 8.06. The van der Waals surface area contributed by atoms with Gasteiger partial charge in [-0.3, -0.25) is 0 Å². The molecule has 0 heterocycles. The van der Waals surface area contributed by atoms with Crippen LogP contribution in [0.4, 0.5) is 0 Å². The SMILES string of the molecule is O=S(=O)(CCC1CC1)NC(CCO)C1CCCCC1. The number of aliphatic hydroxyl groups excluding tert-OH is 1. The lowest BCUT2D eigenvalue weighted by molar-refractivity contribution is 0.221. The third-order valence-electron chi connectivity index (χ3n) is 4.48. The van der Waals surface area contributed by atoms with Gasteiger partial charge in [0.15, 0.2) is 0 Å². The van der Waals surface area contributed by atoms with E-state index in [-0.39, 0.29) is 18.4 Å². The number of hydrogen-bond acceptors (Lipinski definition) is 3. The number of hydrogen-bond donors (Lipinski definition) is 2. The highest BCUT2D eigenvalue weighted by molar-refractivity contribution is 7.89. The maximum atomic E-state index is 12.1. The van der Waals surface area contributed by atoms with E-state index in [0.717, 1.165) is 19.3 Å². The first kappa shape index (κ1) is 15.3. The van der Waals surface area contributed by atoms with E-state index < -0.39 is 10.0 Å². The smallest absolute Gasteiger partial charge is 0.211 e. The Morgan fingerprint density at radius 3 is 2.37 bits per heavy atom. The Morgan fingerprint density at radius 1 is 1.11 bits per heavy atom. The van der Waals surface area contributed by atoms with Gasteiger partial charge < -0.3 is 5.11 Å². The van der Waals surface area contributed by atoms with Crippen molar-refractivity contribution in [3.8, 4) is 0 Å². The van der Waals surface area contributed by atoms with E-state index in [2.05, 4.69) is 4.72 Å². The van der Waals surface area contributed by atoms with Crippen LogP contribution in [0.25, 0.3) is 0 Å². The van der Waals surface area contributed by atoms with Gasteiger partial charge in [0.25, 0.3) is 0 Å². The van der Waals surface area contributed by atoms with Crippen LogP contribution in [-0.4, -0.2) is 31.9 Å². The van der Waals surface area contributed by atoms with Gasteiger partial charge in [-0.25, -0.2) is 13.1 Å². The molecule has 2 fully saturated rings. The molecule has 2 aliphatic carbocycles. The first-order valence-corrected chi connectivity index (χ1v) is 9.37. The molecule has 0 aromatic heterocycles. The van der Waals surface area contributed by atoms with Crippen LogP contribution in [0.2, 0.25) is 0 Å². The third kappa shape index (κ3) is 5.40. The molecule has 19 heavy (non-hydrogen) atoms. The summed E-state index contributed by atoms with van der Waals surface area (Å²) in [5.41, 5.74) is 0. The van der Waals surface area contributed by atoms with E-state index in [1.54, 1.807) is 0 Å². The summed E-state index contributed by atoms with van der Waals surface area (Å²) in [4.78, 5) is 0. The summed E-state index contributed by atoms with van der Waals surface area (Å²) < 4.78 is 27.1.